The molecule has 0 unspecified atom stereocenters. The average Bonchev–Trinajstić information content (AvgIpc) is 3.63. The number of rotatable bonds is 8. The summed E-state index contributed by atoms with van der Waals surface area (Å²) in [6.07, 6.45) is 0. The number of nitrogens with zero attached hydrogens (tertiary/aromatic N) is 1. The lowest BCUT2D eigenvalue weighted by Gasteiger charge is -2.34. The van der Waals surface area contributed by atoms with Gasteiger partial charge in [0, 0.05) is 16.9 Å². The van der Waals surface area contributed by atoms with Crippen molar-refractivity contribution >= 4 is 27.8 Å². The van der Waals surface area contributed by atoms with Crippen molar-refractivity contribution in [2.24, 2.45) is 0 Å². The highest BCUT2D eigenvalue weighted by molar-refractivity contribution is 5.98. The van der Waals surface area contributed by atoms with Crippen LogP contribution in [0.3, 0.4) is 0 Å². The van der Waals surface area contributed by atoms with E-state index in [2.05, 4.69) is 254 Å². The van der Waals surface area contributed by atoms with E-state index in [4.69, 9.17) is 0 Å². The van der Waals surface area contributed by atoms with E-state index < -0.39 is 5.41 Å². The van der Waals surface area contributed by atoms with Crippen molar-refractivity contribution in [3.63, 3.8) is 0 Å². The highest BCUT2D eigenvalue weighted by Gasteiger charge is 2.46. The number of anilines is 3. The molecule has 1 aliphatic rings. The fraction of sp³-hybridized carbons (Fsp3) is 0.0169. The molecule has 0 fully saturated rings. The summed E-state index contributed by atoms with van der Waals surface area (Å²) >= 11 is 0. The molecule has 0 spiro atoms. The zero-order valence-corrected chi connectivity index (χ0v) is 33.1. The molecule has 1 heteroatoms. The van der Waals surface area contributed by atoms with Crippen LogP contribution in [0.25, 0.3) is 55.3 Å². The molecule has 282 valence electrons. The van der Waals surface area contributed by atoms with Crippen molar-refractivity contribution < 1.29 is 0 Å². The molecule has 0 aromatic heterocycles. The van der Waals surface area contributed by atoms with Crippen molar-refractivity contribution in [1.29, 1.82) is 0 Å². The van der Waals surface area contributed by atoms with E-state index >= 15 is 0 Å². The highest BCUT2D eigenvalue weighted by Crippen LogP contribution is 2.56. The second kappa shape index (κ2) is 14.9. The summed E-state index contributed by atoms with van der Waals surface area (Å²) in [7, 11) is 0. The molecule has 1 nitrogen and oxygen atoms in total. The number of para-hydroxylation sites is 1. The molecule has 0 radical (unpaired) electrons. The molecule has 0 atom stereocenters. The highest BCUT2D eigenvalue weighted by atomic mass is 15.1. The maximum Gasteiger partial charge on any atom is 0.0713 e. The fourth-order valence-electron chi connectivity index (χ4n) is 9.67. The van der Waals surface area contributed by atoms with Gasteiger partial charge in [-0.15, -0.1) is 0 Å². The third-order valence-electron chi connectivity index (χ3n) is 12.4. The van der Waals surface area contributed by atoms with E-state index in [0.29, 0.717) is 0 Å². The molecule has 0 N–H and O–H groups in total. The van der Waals surface area contributed by atoms with Crippen molar-refractivity contribution in [2.75, 3.05) is 4.90 Å². The minimum atomic E-state index is -0.447. The molecule has 0 amide bonds. The van der Waals surface area contributed by atoms with Gasteiger partial charge < -0.3 is 4.90 Å². The first-order chi connectivity index (χ1) is 29.8. The van der Waals surface area contributed by atoms with Gasteiger partial charge in [0.1, 0.15) is 0 Å². The second-order valence-corrected chi connectivity index (χ2v) is 15.6. The van der Waals surface area contributed by atoms with Crippen LogP contribution >= 0.6 is 0 Å². The van der Waals surface area contributed by atoms with Gasteiger partial charge in [0.15, 0.2) is 0 Å². The smallest absolute Gasteiger partial charge is 0.0713 e. The molecule has 0 heterocycles. The molecule has 0 aliphatic heterocycles. The Morgan fingerprint density at radius 2 is 0.833 bits per heavy atom. The summed E-state index contributed by atoms with van der Waals surface area (Å²) < 4.78 is 0. The topological polar surface area (TPSA) is 3.24 Å². The third-order valence-corrected chi connectivity index (χ3v) is 12.4. The molecule has 0 bridgehead atoms. The first kappa shape index (κ1) is 35.4. The van der Waals surface area contributed by atoms with E-state index in [1.165, 1.54) is 77.5 Å². The minimum Gasteiger partial charge on any atom is -0.310 e. The number of hydrogen-bond donors (Lipinski definition) is 0. The van der Waals surface area contributed by atoms with E-state index in [0.717, 1.165) is 17.1 Å². The summed E-state index contributed by atoms with van der Waals surface area (Å²) in [5.41, 5.74) is 17.8. The Hall–Kier alpha value is -7.74. The number of fused-ring (bicyclic) bond motifs is 4. The first-order valence-electron chi connectivity index (χ1n) is 20.8. The molecular formula is C59H41N. The van der Waals surface area contributed by atoms with Gasteiger partial charge in [-0.25, -0.2) is 0 Å². The largest absolute Gasteiger partial charge is 0.310 e. The molecule has 60 heavy (non-hydrogen) atoms. The van der Waals surface area contributed by atoms with Crippen LogP contribution in [0.2, 0.25) is 0 Å². The van der Waals surface area contributed by atoms with Crippen LogP contribution in [-0.2, 0) is 5.41 Å². The lowest BCUT2D eigenvalue weighted by atomic mass is 9.67. The summed E-state index contributed by atoms with van der Waals surface area (Å²) in [5.74, 6) is 0. The van der Waals surface area contributed by atoms with Gasteiger partial charge in [0.25, 0.3) is 0 Å². The van der Waals surface area contributed by atoms with Gasteiger partial charge in [-0.2, -0.15) is 0 Å². The van der Waals surface area contributed by atoms with Crippen LogP contribution in [0.15, 0.2) is 249 Å². The fourth-order valence-corrected chi connectivity index (χ4v) is 9.67. The Balaban J connectivity index is 1.06. The predicted molar refractivity (Wildman–Crippen MR) is 252 cm³/mol. The van der Waals surface area contributed by atoms with Crippen molar-refractivity contribution in [2.45, 2.75) is 5.41 Å². The molecular weight excluding hydrogens is 723 g/mol. The Morgan fingerprint density at radius 1 is 0.283 bits per heavy atom. The van der Waals surface area contributed by atoms with Gasteiger partial charge in [-0.1, -0.05) is 212 Å². The summed E-state index contributed by atoms with van der Waals surface area (Å²) in [4.78, 5) is 2.41. The van der Waals surface area contributed by atoms with Gasteiger partial charge in [0.05, 0.1) is 11.1 Å². The predicted octanol–water partition coefficient (Wildman–Crippen LogP) is 15.7. The normalized spacial score (nSPS) is 12.5. The lowest BCUT2D eigenvalue weighted by Crippen LogP contribution is -2.28. The Morgan fingerprint density at radius 3 is 1.60 bits per heavy atom. The van der Waals surface area contributed by atoms with Crippen LogP contribution in [0.1, 0.15) is 22.3 Å². The van der Waals surface area contributed by atoms with Crippen molar-refractivity contribution in [1.82, 2.24) is 0 Å². The van der Waals surface area contributed by atoms with E-state index in [-0.39, 0.29) is 0 Å². The van der Waals surface area contributed by atoms with Crippen LogP contribution in [0.5, 0.6) is 0 Å². The maximum absolute atomic E-state index is 2.44. The Kier molecular flexibility index (Phi) is 8.79. The molecule has 11 rings (SSSR count). The first-order valence-corrected chi connectivity index (χ1v) is 20.8. The quantitative estimate of drug-likeness (QED) is 0.149. The SMILES string of the molecule is c1ccc(-c2ccccc2N(c2ccc(-c3ccc4c(c3)C(c3ccccc3)(c3ccccc3)c3ccccc3-4)cc2)c2cccc(-c3cccc4ccccc34)c2)cc1. The average molecular weight is 764 g/mol. The van der Waals surface area contributed by atoms with E-state index in [1.807, 2.05) is 0 Å². The zero-order valence-electron chi connectivity index (χ0n) is 33.1. The lowest BCUT2D eigenvalue weighted by molar-refractivity contribution is 0.769. The van der Waals surface area contributed by atoms with Gasteiger partial charge in [0.2, 0.25) is 0 Å². The second-order valence-electron chi connectivity index (χ2n) is 15.6. The molecule has 1 aliphatic carbocycles. The maximum atomic E-state index is 2.44. The van der Waals surface area contributed by atoms with Crippen LogP contribution in [0, 0.1) is 0 Å². The summed E-state index contributed by atoms with van der Waals surface area (Å²) in [6, 6.07) is 90.9. The van der Waals surface area contributed by atoms with Crippen LogP contribution in [0.4, 0.5) is 17.1 Å². The summed E-state index contributed by atoms with van der Waals surface area (Å²) in [5, 5.41) is 2.49. The summed E-state index contributed by atoms with van der Waals surface area (Å²) in [6.45, 7) is 0. The van der Waals surface area contributed by atoms with Gasteiger partial charge in [-0.05, 0) is 108 Å². The molecule has 0 saturated heterocycles. The minimum absolute atomic E-state index is 0.447. The van der Waals surface area contributed by atoms with Gasteiger partial charge in [-0.3, -0.25) is 0 Å². The van der Waals surface area contributed by atoms with E-state index in [1.54, 1.807) is 0 Å². The zero-order chi connectivity index (χ0) is 39.9. The van der Waals surface area contributed by atoms with Crippen molar-refractivity contribution in [3.8, 4) is 44.5 Å². The molecule has 10 aromatic rings. The van der Waals surface area contributed by atoms with Crippen LogP contribution in [-0.4, -0.2) is 0 Å². The Labute approximate surface area is 352 Å². The monoisotopic (exact) mass is 763 g/mol. The Bertz CT molecular complexity index is 3090. The number of hydrogen-bond acceptors (Lipinski definition) is 1. The molecule has 0 saturated carbocycles. The van der Waals surface area contributed by atoms with Crippen molar-refractivity contribution in [3.05, 3.63) is 271 Å². The molecule has 10 aromatic carbocycles. The standard InChI is InChI=1S/C59H41N/c1-4-18-44(19-5-1)53-29-13-15-33-58(53)60(50-27-16-22-46(40-50)52-31-17-21-43-20-10-11-28-51(43)52)49-37-34-42(35-38-49)45-36-39-55-54-30-12-14-32-56(54)59(57(55)41-45,47-23-6-2-7-24-47)48-25-8-3-9-26-48/h1-41H. The van der Waals surface area contributed by atoms with Gasteiger partial charge >= 0.3 is 0 Å². The third kappa shape index (κ3) is 5.86. The number of benzene rings is 10. The van der Waals surface area contributed by atoms with E-state index in [9.17, 15) is 0 Å². The van der Waals surface area contributed by atoms with Crippen LogP contribution < -0.4 is 4.90 Å².